The van der Waals surface area contributed by atoms with Crippen molar-refractivity contribution >= 4 is 75.4 Å². The number of benzene rings is 2. The van der Waals surface area contributed by atoms with Crippen LogP contribution in [0.3, 0.4) is 0 Å². The first-order valence-electron chi connectivity index (χ1n) is 8.13. The molecule has 0 unspecified atom stereocenters. The molecule has 0 aliphatic carbocycles. The number of nitrogens with one attached hydrogen (secondary N) is 1. The van der Waals surface area contributed by atoms with Crippen molar-refractivity contribution in [3.63, 3.8) is 0 Å². The molecule has 0 spiro atoms. The van der Waals surface area contributed by atoms with Crippen molar-refractivity contribution in [1.82, 2.24) is 4.90 Å². The minimum absolute atomic E-state index is 0.152. The zero-order valence-corrected chi connectivity index (χ0v) is 18.0. The molecule has 0 atom stereocenters. The summed E-state index contributed by atoms with van der Waals surface area (Å²) in [7, 11) is 1.48. The van der Waals surface area contributed by atoms with Gasteiger partial charge in [0.25, 0.3) is 11.1 Å². The first-order valence-corrected chi connectivity index (χ1v) is 10.1. The lowest BCUT2D eigenvalue weighted by molar-refractivity contribution is -0.127. The highest BCUT2D eigenvalue weighted by molar-refractivity contribution is 8.18. The first-order chi connectivity index (χ1) is 13.8. The summed E-state index contributed by atoms with van der Waals surface area (Å²) in [5, 5.41) is 2.96. The van der Waals surface area contributed by atoms with Crippen LogP contribution in [0.15, 0.2) is 41.3 Å². The van der Waals surface area contributed by atoms with Crippen LogP contribution in [0.1, 0.15) is 5.56 Å². The van der Waals surface area contributed by atoms with Gasteiger partial charge in [-0.25, -0.2) is 0 Å². The van der Waals surface area contributed by atoms with E-state index in [0.29, 0.717) is 27.0 Å². The lowest BCUT2D eigenvalue weighted by Crippen LogP contribution is -2.36. The number of carbonyl (C=O) groups excluding carboxylic acids is 3. The first kappa shape index (κ1) is 21.5. The fraction of sp³-hybridized carbons (Fsp3) is 0.105. The summed E-state index contributed by atoms with van der Waals surface area (Å²) in [6.45, 7) is -0.436. The van der Waals surface area contributed by atoms with Crippen molar-refractivity contribution in [3.05, 3.63) is 61.9 Å². The van der Waals surface area contributed by atoms with E-state index in [9.17, 15) is 14.4 Å². The molecular formula is C19H13Cl3N2O4S. The summed E-state index contributed by atoms with van der Waals surface area (Å²) in [5.41, 5.74) is 0.913. The lowest BCUT2D eigenvalue weighted by atomic mass is 10.2. The van der Waals surface area contributed by atoms with Gasteiger partial charge in [0.1, 0.15) is 12.3 Å². The Balaban J connectivity index is 1.71. The largest absolute Gasteiger partial charge is 0.495 e. The molecule has 6 nitrogen and oxygen atoms in total. The molecule has 1 heterocycles. The Kier molecular flexibility index (Phi) is 6.74. The molecule has 1 aliphatic heterocycles. The predicted molar refractivity (Wildman–Crippen MR) is 116 cm³/mol. The van der Waals surface area contributed by atoms with Crippen LogP contribution in [0, 0.1) is 0 Å². The molecule has 0 bridgehead atoms. The molecule has 2 aromatic rings. The number of rotatable bonds is 5. The van der Waals surface area contributed by atoms with E-state index in [1.807, 2.05) is 0 Å². The minimum Gasteiger partial charge on any atom is -0.495 e. The van der Waals surface area contributed by atoms with Crippen LogP contribution >= 0.6 is 46.6 Å². The number of nitrogens with zero attached hydrogens (tertiary/aromatic N) is 1. The number of methoxy groups -OCH3 is 1. The topological polar surface area (TPSA) is 75.7 Å². The number of anilines is 1. The van der Waals surface area contributed by atoms with Gasteiger partial charge in [0.15, 0.2) is 0 Å². The lowest BCUT2D eigenvalue weighted by Gasteiger charge is -2.13. The van der Waals surface area contributed by atoms with Gasteiger partial charge >= 0.3 is 0 Å². The van der Waals surface area contributed by atoms with E-state index >= 15 is 0 Å². The van der Waals surface area contributed by atoms with Crippen LogP contribution < -0.4 is 10.1 Å². The molecule has 150 valence electrons. The number of thioether (sulfide) groups is 1. The van der Waals surface area contributed by atoms with Gasteiger partial charge in [0.05, 0.1) is 27.1 Å². The molecule has 1 aliphatic rings. The van der Waals surface area contributed by atoms with Gasteiger partial charge in [-0.1, -0.05) is 46.9 Å². The van der Waals surface area contributed by atoms with E-state index < -0.39 is 23.6 Å². The standard InChI is InChI=1S/C19H13Cl3N2O4S/c1-28-14-6-5-11(8-13(14)21)23-16(25)9-24-18(26)15(29-19(24)27)7-10-3-2-4-12(20)17(10)22/h2-8H,9H2,1H3,(H,23,25)/b15-7+. The molecule has 1 saturated heterocycles. The maximum Gasteiger partial charge on any atom is 0.294 e. The van der Waals surface area contributed by atoms with Crippen molar-refractivity contribution in [2.24, 2.45) is 0 Å². The maximum absolute atomic E-state index is 12.6. The Hall–Kier alpha value is -2.19. The second-order valence-electron chi connectivity index (χ2n) is 5.81. The molecule has 10 heteroatoms. The highest BCUT2D eigenvalue weighted by Gasteiger charge is 2.36. The third kappa shape index (κ3) is 4.87. The van der Waals surface area contributed by atoms with Crippen molar-refractivity contribution in [2.75, 3.05) is 19.0 Å². The van der Waals surface area contributed by atoms with Gasteiger partial charge in [0, 0.05) is 5.69 Å². The van der Waals surface area contributed by atoms with Crippen molar-refractivity contribution in [2.45, 2.75) is 0 Å². The van der Waals surface area contributed by atoms with Crippen molar-refractivity contribution < 1.29 is 19.1 Å². The quantitative estimate of drug-likeness (QED) is 0.597. The SMILES string of the molecule is COc1ccc(NC(=O)CN2C(=O)S/C(=C/c3cccc(Cl)c3Cl)C2=O)cc1Cl. The number of ether oxygens (including phenoxy) is 1. The molecule has 3 rings (SSSR count). The summed E-state index contributed by atoms with van der Waals surface area (Å²) in [4.78, 5) is 38.1. The summed E-state index contributed by atoms with van der Waals surface area (Å²) < 4.78 is 5.05. The summed E-state index contributed by atoms with van der Waals surface area (Å²) >= 11 is 18.8. The van der Waals surface area contributed by atoms with E-state index in [-0.39, 0.29) is 9.93 Å². The number of amides is 3. The smallest absolute Gasteiger partial charge is 0.294 e. The fourth-order valence-electron chi connectivity index (χ4n) is 2.50. The average Bonchev–Trinajstić information content (AvgIpc) is 2.93. The van der Waals surface area contributed by atoms with E-state index in [4.69, 9.17) is 39.5 Å². The number of carbonyl (C=O) groups is 3. The van der Waals surface area contributed by atoms with E-state index in [2.05, 4.69) is 5.32 Å². The van der Waals surface area contributed by atoms with Crippen LogP contribution in [0.25, 0.3) is 6.08 Å². The van der Waals surface area contributed by atoms with Crippen molar-refractivity contribution in [3.8, 4) is 5.75 Å². The molecule has 0 aromatic heterocycles. The molecule has 2 aromatic carbocycles. The van der Waals surface area contributed by atoms with Crippen LogP contribution in [0.2, 0.25) is 15.1 Å². The van der Waals surface area contributed by atoms with Gasteiger partial charge in [-0.15, -0.1) is 0 Å². The molecular weight excluding hydrogens is 459 g/mol. The summed E-state index contributed by atoms with van der Waals surface area (Å²) in [5.74, 6) is -0.671. The van der Waals surface area contributed by atoms with Crippen molar-refractivity contribution in [1.29, 1.82) is 0 Å². The van der Waals surface area contributed by atoms with E-state index in [1.54, 1.807) is 30.3 Å². The third-order valence-electron chi connectivity index (χ3n) is 3.88. The highest BCUT2D eigenvalue weighted by atomic mass is 35.5. The van der Waals surface area contributed by atoms with Gasteiger partial charge in [0.2, 0.25) is 5.91 Å². The van der Waals surface area contributed by atoms with Gasteiger partial charge < -0.3 is 10.1 Å². The Bertz CT molecular complexity index is 1040. The Morgan fingerprint density at radius 1 is 1.17 bits per heavy atom. The number of hydrogen-bond donors (Lipinski definition) is 1. The zero-order chi connectivity index (χ0) is 21.1. The second kappa shape index (κ2) is 9.09. The van der Waals surface area contributed by atoms with Crippen LogP contribution in [-0.4, -0.2) is 35.6 Å². The van der Waals surface area contributed by atoms with Gasteiger partial charge in [-0.2, -0.15) is 0 Å². The zero-order valence-electron chi connectivity index (χ0n) is 14.9. The minimum atomic E-state index is -0.584. The second-order valence-corrected chi connectivity index (χ2v) is 7.99. The molecule has 29 heavy (non-hydrogen) atoms. The van der Waals surface area contributed by atoms with Gasteiger partial charge in [-0.3, -0.25) is 19.3 Å². The van der Waals surface area contributed by atoms with Gasteiger partial charge in [-0.05, 0) is 47.7 Å². The van der Waals surface area contributed by atoms with E-state index in [0.717, 1.165) is 16.7 Å². The Morgan fingerprint density at radius 2 is 1.93 bits per heavy atom. The molecule has 3 amide bonds. The van der Waals surface area contributed by atoms with E-state index in [1.165, 1.54) is 19.3 Å². The van der Waals surface area contributed by atoms with Crippen LogP contribution in [0.4, 0.5) is 10.5 Å². The molecule has 1 fully saturated rings. The number of imide groups is 1. The Labute approximate surface area is 185 Å². The number of hydrogen-bond acceptors (Lipinski definition) is 5. The molecule has 0 radical (unpaired) electrons. The highest BCUT2D eigenvalue weighted by Crippen LogP contribution is 2.35. The number of halogens is 3. The maximum atomic E-state index is 12.6. The average molecular weight is 472 g/mol. The predicted octanol–water partition coefficient (Wildman–Crippen LogP) is 5.33. The monoisotopic (exact) mass is 470 g/mol. The third-order valence-corrected chi connectivity index (χ3v) is 5.92. The molecule has 0 saturated carbocycles. The fourth-order valence-corrected chi connectivity index (χ4v) is 3.95. The Morgan fingerprint density at radius 3 is 2.62 bits per heavy atom. The van der Waals surface area contributed by atoms with Crippen LogP contribution in [-0.2, 0) is 9.59 Å². The van der Waals surface area contributed by atoms with Crippen LogP contribution in [0.5, 0.6) is 5.75 Å². The normalized spacial score (nSPS) is 15.2. The summed E-state index contributed by atoms with van der Waals surface area (Å²) in [6, 6.07) is 9.66. The molecule has 1 N–H and O–H groups in total. The summed E-state index contributed by atoms with van der Waals surface area (Å²) in [6.07, 6.45) is 1.47.